The van der Waals surface area contributed by atoms with E-state index >= 15 is 0 Å². The van der Waals surface area contributed by atoms with Gasteiger partial charge in [0.05, 0.1) is 13.0 Å². The molecule has 0 saturated heterocycles. The molecule has 0 saturated carbocycles. The summed E-state index contributed by atoms with van der Waals surface area (Å²) in [6.45, 7) is 2.08. The van der Waals surface area contributed by atoms with Crippen LogP contribution in [0.1, 0.15) is 48.3 Å². The van der Waals surface area contributed by atoms with Gasteiger partial charge in [0, 0.05) is 0 Å². The van der Waals surface area contributed by atoms with Gasteiger partial charge in [0.15, 0.2) is 5.25 Å². The molecule has 0 radical (unpaired) electrons. The van der Waals surface area contributed by atoms with Crippen LogP contribution in [0.5, 0.6) is 0 Å². The summed E-state index contributed by atoms with van der Waals surface area (Å²) in [5.41, 5.74) is 0. The maximum Gasteiger partial charge on any atom is 1.00 e. The monoisotopic (exact) mass is 344 g/mol. The smallest absolute Gasteiger partial charge is 1.00 e. The summed E-state index contributed by atoms with van der Waals surface area (Å²) < 4.78 is 35.2. The Kier molecular flexibility index (Phi) is 18.4. The summed E-state index contributed by atoms with van der Waals surface area (Å²) >= 11 is 0. The number of carboxylic acids is 1. The first-order chi connectivity index (χ1) is 8.79. The van der Waals surface area contributed by atoms with Crippen LogP contribution in [0.15, 0.2) is 0 Å². The van der Waals surface area contributed by atoms with Crippen LogP contribution < -0.4 is 59.1 Å². The van der Waals surface area contributed by atoms with Crippen molar-refractivity contribution in [2.45, 2.75) is 50.7 Å². The molecule has 0 bridgehead atoms. The molecule has 0 fully saturated rings. The molecular formula is C11H22Na2O7S. The number of hydrogen-bond donors (Lipinski definition) is 2. The van der Waals surface area contributed by atoms with E-state index in [4.69, 9.17) is 9.66 Å². The first-order valence-corrected chi connectivity index (χ1v) is 7.64. The van der Waals surface area contributed by atoms with Gasteiger partial charge in [-0.1, -0.05) is 32.6 Å². The van der Waals surface area contributed by atoms with Gasteiger partial charge in [-0.3, -0.25) is 14.1 Å². The number of hydrogen-bond acceptors (Lipinski definition) is 5. The van der Waals surface area contributed by atoms with E-state index in [0.717, 1.165) is 25.7 Å². The van der Waals surface area contributed by atoms with Crippen LogP contribution in [0.3, 0.4) is 0 Å². The zero-order valence-corrected chi connectivity index (χ0v) is 17.7. The number of carboxylic acid groups (broad SMARTS) is 1. The molecule has 0 aliphatic rings. The molecule has 0 aromatic heterocycles. The molecule has 0 aliphatic heterocycles. The van der Waals surface area contributed by atoms with E-state index < -0.39 is 33.7 Å². The molecule has 1 atom stereocenters. The largest absolute Gasteiger partial charge is 1.00 e. The maximum atomic E-state index is 11.4. The van der Waals surface area contributed by atoms with Gasteiger partial charge in [0.1, 0.15) is 0 Å². The minimum atomic E-state index is -4.77. The molecular weight excluding hydrogens is 322 g/mol. The minimum absolute atomic E-state index is 0. The number of ether oxygens (including phenoxy) is 1. The summed E-state index contributed by atoms with van der Waals surface area (Å²) in [4.78, 5) is 21.8. The Morgan fingerprint density at radius 2 is 1.67 bits per heavy atom. The predicted octanol–water partition coefficient (Wildman–Crippen LogP) is -4.54. The molecule has 116 valence electrons. The van der Waals surface area contributed by atoms with E-state index in [2.05, 4.69) is 11.7 Å². The van der Waals surface area contributed by atoms with Crippen molar-refractivity contribution in [3.8, 4) is 0 Å². The van der Waals surface area contributed by atoms with Gasteiger partial charge in [-0.05, 0) is 6.42 Å². The Balaban J connectivity index is -0.000000270. The second kappa shape index (κ2) is 14.4. The van der Waals surface area contributed by atoms with E-state index in [1.54, 1.807) is 0 Å². The Morgan fingerprint density at radius 1 is 1.14 bits per heavy atom. The van der Waals surface area contributed by atoms with E-state index in [-0.39, 0.29) is 68.6 Å². The SMILES string of the molecule is CCCCCCCOC(=O)C(CC(=O)O)S(=O)(=O)O.[H-].[H-].[Na+].[Na+]. The van der Waals surface area contributed by atoms with Crippen LogP contribution in [0, 0.1) is 0 Å². The van der Waals surface area contributed by atoms with Gasteiger partial charge < -0.3 is 12.7 Å². The van der Waals surface area contributed by atoms with Crippen molar-refractivity contribution in [2.24, 2.45) is 0 Å². The van der Waals surface area contributed by atoms with E-state index in [9.17, 15) is 18.0 Å². The van der Waals surface area contributed by atoms with Crippen molar-refractivity contribution in [1.29, 1.82) is 0 Å². The second-order valence-corrected chi connectivity index (χ2v) is 5.78. The first-order valence-electron chi connectivity index (χ1n) is 6.13. The fourth-order valence-electron chi connectivity index (χ4n) is 1.44. The van der Waals surface area contributed by atoms with Crippen LogP contribution in [0.25, 0.3) is 0 Å². The van der Waals surface area contributed by atoms with Crippen LogP contribution in [0.2, 0.25) is 0 Å². The average Bonchev–Trinajstić information content (AvgIpc) is 2.28. The number of aliphatic carboxylic acids is 1. The third-order valence-corrected chi connectivity index (χ3v) is 3.55. The van der Waals surface area contributed by atoms with E-state index in [1.807, 2.05) is 0 Å². The third kappa shape index (κ3) is 14.2. The normalized spacial score (nSPS) is 11.7. The molecule has 0 aromatic rings. The number of carbonyl (C=O) groups excluding carboxylic acids is 1. The molecule has 0 rings (SSSR count). The van der Waals surface area contributed by atoms with Crippen LogP contribution >= 0.6 is 0 Å². The average molecular weight is 344 g/mol. The molecule has 0 aromatic carbocycles. The summed E-state index contributed by atoms with van der Waals surface area (Å²) in [6, 6.07) is 0. The number of unbranched alkanes of at least 4 members (excludes halogenated alkanes) is 4. The first kappa shape index (κ1) is 26.7. The number of rotatable bonds is 10. The summed E-state index contributed by atoms with van der Waals surface area (Å²) in [7, 11) is -4.77. The molecule has 1 unspecified atom stereocenters. The van der Waals surface area contributed by atoms with Gasteiger partial charge in [-0.15, -0.1) is 0 Å². The predicted molar refractivity (Wildman–Crippen MR) is 69.5 cm³/mol. The van der Waals surface area contributed by atoms with Gasteiger partial charge in [0.2, 0.25) is 0 Å². The molecule has 7 nitrogen and oxygen atoms in total. The molecule has 0 spiro atoms. The Labute approximate surface area is 172 Å². The van der Waals surface area contributed by atoms with Gasteiger partial charge in [0.25, 0.3) is 10.1 Å². The van der Waals surface area contributed by atoms with E-state index in [1.165, 1.54) is 0 Å². The van der Waals surface area contributed by atoms with Crippen molar-refractivity contribution in [2.75, 3.05) is 6.61 Å². The molecule has 0 amide bonds. The number of esters is 1. The van der Waals surface area contributed by atoms with Crippen LogP contribution in [0.4, 0.5) is 0 Å². The van der Waals surface area contributed by atoms with Crippen molar-refractivity contribution in [3.05, 3.63) is 0 Å². The Bertz CT molecular complexity index is 407. The topological polar surface area (TPSA) is 118 Å². The second-order valence-electron chi connectivity index (χ2n) is 4.18. The summed E-state index contributed by atoms with van der Waals surface area (Å²) in [6.07, 6.45) is 3.55. The maximum absolute atomic E-state index is 11.4. The van der Waals surface area contributed by atoms with Crippen molar-refractivity contribution >= 4 is 22.1 Å². The molecule has 2 N–H and O–H groups in total. The van der Waals surface area contributed by atoms with E-state index in [0.29, 0.717) is 6.42 Å². The van der Waals surface area contributed by atoms with Gasteiger partial charge >= 0.3 is 71.1 Å². The Morgan fingerprint density at radius 3 is 2.10 bits per heavy atom. The zero-order valence-electron chi connectivity index (χ0n) is 14.9. The minimum Gasteiger partial charge on any atom is -1.00 e. The molecule has 0 aliphatic carbocycles. The van der Waals surface area contributed by atoms with Gasteiger partial charge in [-0.25, -0.2) is 0 Å². The zero-order chi connectivity index (χ0) is 14.9. The quantitative estimate of drug-likeness (QED) is 0.177. The number of carbonyl (C=O) groups is 2. The van der Waals surface area contributed by atoms with Crippen molar-refractivity contribution < 1.29 is 94.4 Å². The molecule has 0 heterocycles. The summed E-state index contributed by atoms with van der Waals surface area (Å²) in [5, 5.41) is 6.43. The van der Waals surface area contributed by atoms with Crippen molar-refractivity contribution in [3.63, 3.8) is 0 Å². The fourth-order valence-corrected chi connectivity index (χ4v) is 2.10. The molecule has 21 heavy (non-hydrogen) atoms. The standard InChI is InChI=1S/C11H20O7S.2Na.2H/c1-2-3-4-5-6-7-18-11(14)9(8-10(12)13)19(15,16)17;;;;/h9H,2-8H2,1H3,(H,12,13)(H,15,16,17);;;;/q;2*+1;2*-1. The van der Waals surface area contributed by atoms with Crippen molar-refractivity contribution in [1.82, 2.24) is 0 Å². The van der Waals surface area contributed by atoms with Crippen LogP contribution in [-0.2, 0) is 24.4 Å². The van der Waals surface area contributed by atoms with Gasteiger partial charge in [-0.2, -0.15) is 8.42 Å². The van der Waals surface area contributed by atoms with Crippen LogP contribution in [-0.4, -0.2) is 41.9 Å². The fraction of sp³-hybridized carbons (Fsp3) is 0.818. The third-order valence-electron chi connectivity index (χ3n) is 2.47. The molecule has 10 heteroatoms. The Hall–Kier alpha value is 0.850. The summed E-state index contributed by atoms with van der Waals surface area (Å²) in [5.74, 6) is -2.72.